The van der Waals surface area contributed by atoms with Crippen molar-refractivity contribution in [2.75, 3.05) is 27.1 Å². The first-order chi connectivity index (χ1) is 7.75. The summed E-state index contributed by atoms with van der Waals surface area (Å²) in [4.78, 5) is 11.0. The second-order valence-electron chi connectivity index (χ2n) is 3.02. The molecule has 1 aromatic rings. The molecular weight excluding hydrogens is 210 g/mol. The average molecular weight is 225 g/mol. The molecule has 0 saturated heterocycles. The molecule has 0 radical (unpaired) electrons. The first-order valence-electron chi connectivity index (χ1n) is 4.84. The topological polar surface area (TPSA) is 70.8 Å². The van der Waals surface area contributed by atoms with Crippen LogP contribution >= 0.6 is 0 Å². The molecule has 0 saturated carbocycles. The molecule has 0 fully saturated rings. The van der Waals surface area contributed by atoms with E-state index in [0.717, 1.165) is 0 Å². The lowest BCUT2D eigenvalue weighted by atomic mass is 10.2. The van der Waals surface area contributed by atoms with Crippen LogP contribution in [0.5, 0.6) is 5.75 Å². The second-order valence-corrected chi connectivity index (χ2v) is 3.02. The molecular formula is C11H15NO4. The van der Waals surface area contributed by atoms with Crippen LogP contribution < -0.4 is 10.5 Å². The van der Waals surface area contributed by atoms with E-state index in [2.05, 4.69) is 0 Å². The van der Waals surface area contributed by atoms with Crippen LogP contribution in [-0.4, -0.2) is 33.0 Å². The maximum Gasteiger partial charge on any atom is 0.252 e. The molecule has 0 bridgehead atoms. The predicted octanol–water partition coefficient (Wildman–Crippen LogP) is 0.785. The highest BCUT2D eigenvalue weighted by Crippen LogP contribution is 2.16. The maximum absolute atomic E-state index is 11.0. The van der Waals surface area contributed by atoms with Crippen LogP contribution in [0.25, 0.3) is 0 Å². The zero-order valence-electron chi connectivity index (χ0n) is 9.14. The van der Waals surface area contributed by atoms with Crippen molar-refractivity contribution in [1.29, 1.82) is 0 Å². The number of ether oxygens (including phenoxy) is 3. The lowest BCUT2D eigenvalue weighted by Gasteiger charge is -2.09. The fourth-order valence-corrected chi connectivity index (χ4v) is 1.15. The number of carbonyl (C=O) groups excluding carboxylic acids is 1. The van der Waals surface area contributed by atoms with Gasteiger partial charge in [0.1, 0.15) is 19.1 Å². The normalized spacial score (nSPS) is 10.1. The number of nitrogens with two attached hydrogens (primary N) is 1. The fraction of sp³-hybridized carbons (Fsp3) is 0.364. The van der Waals surface area contributed by atoms with Crippen molar-refractivity contribution in [3.8, 4) is 5.75 Å². The van der Waals surface area contributed by atoms with Gasteiger partial charge in [-0.05, 0) is 12.1 Å². The highest BCUT2D eigenvalue weighted by atomic mass is 16.7. The largest absolute Gasteiger partial charge is 0.490 e. The summed E-state index contributed by atoms with van der Waals surface area (Å²) < 4.78 is 15.1. The van der Waals surface area contributed by atoms with Crippen molar-refractivity contribution in [2.24, 2.45) is 5.73 Å². The summed E-state index contributed by atoms with van der Waals surface area (Å²) in [5.41, 5.74) is 5.57. The Labute approximate surface area is 94.1 Å². The lowest BCUT2D eigenvalue weighted by molar-refractivity contribution is -0.0388. The Kier molecular flexibility index (Phi) is 5.31. The summed E-state index contributed by atoms with van der Waals surface area (Å²) >= 11 is 0. The van der Waals surface area contributed by atoms with Gasteiger partial charge in [0.05, 0.1) is 12.2 Å². The smallest absolute Gasteiger partial charge is 0.252 e. The highest BCUT2D eigenvalue weighted by molar-refractivity contribution is 5.95. The van der Waals surface area contributed by atoms with Crippen LogP contribution in [0, 0.1) is 0 Å². The third kappa shape index (κ3) is 3.88. The van der Waals surface area contributed by atoms with E-state index in [9.17, 15) is 4.79 Å². The number of rotatable bonds is 7. The Hall–Kier alpha value is -1.59. The SMILES string of the molecule is COCOCCOc1ccccc1C(N)=O. The van der Waals surface area contributed by atoms with E-state index in [1.165, 1.54) is 0 Å². The predicted molar refractivity (Wildman–Crippen MR) is 58.3 cm³/mol. The lowest BCUT2D eigenvalue weighted by Crippen LogP contribution is -2.14. The minimum Gasteiger partial charge on any atom is -0.490 e. The van der Waals surface area contributed by atoms with E-state index in [4.69, 9.17) is 19.9 Å². The molecule has 1 rings (SSSR count). The Balaban J connectivity index is 2.44. The van der Waals surface area contributed by atoms with Gasteiger partial charge in [0.15, 0.2) is 0 Å². The number of hydrogen-bond acceptors (Lipinski definition) is 4. The molecule has 1 amide bonds. The molecule has 0 aliphatic carbocycles. The number of primary amides is 1. The van der Waals surface area contributed by atoms with Crippen molar-refractivity contribution < 1.29 is 19.0 Å². The Bertz CT molecular complexity index is 341. The number of amides is 1. The monoisotopic (exact) mass is 225 g/mol. The molecule has 0 spiro atoms. The number of carbonyl (C=O) groups is 1. The molecule has 0 aromatic heterocycles. The molecule has 0 atom stereocenters. The van der Waals surface area contributed by atoms with Gasteiger partial charge in [-0.2, -0.15) is 0 Å². The zero-order valence-corrected chi connectivity index (χ0v) is 9.14. The first kappa shape index (κ1) is 12.5. The third-order valence-corrected chi connectivity index (χ3v) is 1.84. The quantitative estimate of drug-likeness (QED) is 0.550. The van der Waals surface area contributed by atoms with Crippen molar-refractivity contribution in [1.82, 2.24) is 0 Å². The minimum absolute atomic E-state index is 0.223. The van der Waals surface area contributed by atoms with Crippen LogP contribution in [0.1, 0.15) is 10.4 Å². The maximum atomic E-state index is 11.0. The summed E-state index contributed by atoms with van der Waals surface area (Å²) in [6.07, 6.45) is 0. The van der Waals surface area contributed by atoms with Crippen molar-refractivity contribution in [3.63, 3.8) is 0 Å². The Morgan fingerprint density at radius 1 is 1.31 bits per heavy atom. The van der Waals surface area contributed by atoms with Gasteiger partial charge in [0, 0.05) is 7.11 Å². The van der Waals surface area contributed by atoms with Gasteiger partial charge >= 0.3 is 0 Å². The summed E-state index contributed by atoms with van der Waals surface area (Å²) in [6, 6.07) is 6.82. The van der Waals surface area contributed by atoms with Crippen molar-refractivity contribution >= 4 is 5.91 Å². The van der Waals surface area contributed by atoms with E-state index in [-0.39, 0.29) is 6.79 Å². The van der Waals surface area contributed by atoms with Crippen molar-refractivity contribution in [2.45, 2.75) is 0 Å². The zero-order chi connectivity index (χ0) is 11.8. The van der Waals surface area contributed by atoms with Gasteiger partial charge in [-0.25, -0.2) is 0 Å². The minimum atomic E-state index is -0.506. The summed E-state index contributed by atoms with van der Waals surface area (Å²) in [6.45, 7) is 0.954. The summed E-state index contributed by atoms with van der Waals surface area (Å²) in [5.74, 6) is -0.0376. The van der Waals surface area contributed by atoms with Gasteiger partial charge in [-0.1, -0.05) is 12.1 Å². The molecule has 2 N–H and O–H groups in total. The molecule has 88 valence electrons. The number of benzene rings is 1. The molecule has 0 aliphatic heterocycles. The van der Waals surface area contributed by atoms with E-state index in [1.807, 2.05) is 0 Å². The van der Waals surface area contributed by atoms with Crippen LogP contribution in [0.2, 0.25) is 0 Å². The molecule has 1 aromatic carbocycles. The van der Waals surface area contributed by atoms with Gasteiger partial charge in [-0.3, -0.25) is 4.79 Å². The van der Waals surface area contributed by atoms with Crippen LogP contribution in [0.4, 0.5) is 0 Å². The molecule has 0 aliphatic rings. The van der Waals surface area contributed by atoms with Gasteiger partial charge in [0.25, 0.3) is 5.91 Å². The van der Waals surface area contributed by atoms with E-state index < -0.39 is 5.91 Å². The Morgan fingerprint density at radius 2 is 2.06 bits per heavy atom. The molecule has 5 nitrogen and oxygen atoms in total. The van der Waals surface area contributed by atoms with Gasteiger partial charge in [-0.15, -0.1) is 0 Å². The summed E-state index contributed by atoms with van der Waals surface area (Å²) in [5, 5.41) is 0. The molecule has 0 heterocycles. The van der Waals surface area contributed by atoms with E-state index in [1.54, 1.807) is 31.4 Å². The standard InChI is InChI=1S/C11H15NO4/c1-14-8-15-6-7-16-10-5-3-2-4-9(10)11(12)13/h2-5H,6-8H2,1H3,(H2,12,13). The number of methoxy groups -OCH3 is 1. The number of para-hydroxylation sites is 1. The summed E-state index contributed by atoms with van der Waals surface area (Å²) in [7, 11) is 1.54. The molecule has 0 unspecified atom stereocenters. The van der Waals surface area contributed by atoms with Crippen LogP contribution in [-0.2, 0) is 9.47 Å². The number of hydrogen-bond donors (Lipinski definition) is 1. The van der Waals surface area contributed by atoms with E-state index >= 15 is 0 Å². The molecule has 5 heteroatoms. The highest BCUT2D eigenvalue weighted by Gasteiger charge is 2.07. The van der Waals surface area contributed by atoms with Gasteiger partial charge in [0.2, 0.25) is 0 Å². The Morgan fingerprint density at radius 3 is 2.75 bits per heavy atom. The van der Waals surface area contributed by atoms with Crippen molar-refractivity contribution in [3.05, 3.63) is 29.8 Å². The first-order valence-corrected chi connectivity index (χ1v) is 4.84. The average Bonchev–Trinajstić information content (AvgIpc) is 2.29. The fourth-order valence-electron chi connectivity index (χ4n) is 1.15. The van der Waals surface area contributed by atoms with Crippen LogP contribution in [0.15, 0.2) is 24.3 Å². The second kappa shape index (κ2) is 6.81. The van der Waals surface area contributed by atoms with Gasteiger partial charge < -0.3 is 19.9 Å². The van der Waals surface area contributed by atoms with Crippen LogP contribution in [0.3, 0.4) is 0 Å². The molecule has 16 heavy (non-hydrogen) atoms. The third-order valence-electron chi connectivity index (χ3n) is 1.84. The van der Waals surface area contributed by atoms with E-state index in [0.29, 0.717) is 24.5 Å².